The molecule has 2 radical (unpaired) electrons. The first kappa shape index (κ1) is 9.27. The van der Waals surface area contributed by atoms with E-state index in [2.05, 4.69) is 13.8 Å². The van der Waals surface area contributed by atoms with Crippen LogP contribution in [-0.2, 0) is 5.41 Å². The fourth-order valence-electron chi connectivity index (χ4n) is 1.11. The number of rotatable bonds is 3. The first-order valence-corrected chi connectivity index (χ1v) is 4.04. The first-order chi connectivity index (χ1) is 5.73. The highest BCUT2D eigenvalue weighted by atomic mass is 16.3. The van der Waals surface area contributed by atoms with Crippen molar-refractivity contribution in [2.75, 3.05) is 6.61 Å². The molecule has 1 atom stereocenters. The minimum absolute atomic E-state index is 0.0422. The molecule has 12 heavy (non-hydrogen) atoms. The second-order valence-electron chi connectivity index (χ2n) is 3.05. The lowest BCUT2D eigenvalue weighted by molar-refractivity contribution is 0.223. The van der Waals surface area contributed by atoms with Crippen LogP contribution in [0.15, 0.2) is 30.3 Å². The van der Waals surface area contributed by atoms with E-state index >= 15 is 0 Å². The lowest BCUT2D eigenvalue weighted by Crippen LogP contribution is -2.25. The molecule has 0 amide bonds. The summed E-state index contributed by atoms with van der Waals surface area (Å²) in [6.45, 7) is 7.79. The van der Waals surface area contributed by atoms with Crippen LogP contribution in [0.2, 0.25) is 0 Å². The van der Waals surface area contributed by atoms with E-state index in [-0.39, 0.29) is 6.61 Å². The van der Waals surface area contributed by atoms with Gasteiger partial charge in [0, 0.05) is 5.41 Å². The van der Waals surface area contributed by atoms with Crippen LogP contribution in [0.5, 0.6) is 0 Å². The van der Waals surface area contributed by atoms with E-state index in [4.69, 9.17) is 5.11 Å². The average Bonchev–Trinajstić information content (AvgIpc) is 2.18. The van der Waals surface area contributed by atoms with Crippen molar-refractivity contribution >= 4 is 0 Å². The molecule has 1 aromatic rings. The van der Waals surface area contributed by atoms with Gasteiger partial charge in [0.25, 0.3) is 0 Å². The Kier molecular flexibility index (Phi) is 2.88. The van der Waals surface area contributed by atoms with E-state index in [1.54, 1.807) is 0 Å². The molecule has 0 aromatic heterocycles. The Morgan fingerprint density at radius 3 is 2.25 bits per heavy atom. The summed E-state index contributed by atoms with van der Waals surface area (Å²) >= 11 is 0. The fourth-order valence-corrected chi connectivity index (χ4v) is 1.11. The van der Waals surface area contributed by atoms with Crippen molar-refractivity contribution in [2.45, 2.75) is 11.8 Å². The maximum absolute atomic E-state index is 9.14. The molecule has 64 valence electrons. The summed E-state index contributed by atoms with van der Waals surface area (Å²) in [5, 5.41) is 9.14. The summed E-state index contributed by atoms with van der Waals surface area (Å²) in [5.74, 6) is 0. The third-order valence-electron chi connectivity index (χ3n) is 2.17. The van der Waals surface area contributed by atoms with Crippen molar-refractivity contribution in [3.63, 3.8) is 0 Å². The Morgan fingerprint density at radius 2 is 1.83 bits per heavy atom. The van der Waals surface area contributed by atoms with Crippen LogP contribution in [0.3, 0.4) is 0 Å². The van der Waals surface area contributed by atoms with Gasteiger partial charge in [0.1, 0.15) is 0 Å². The van der Waals surface area contributed by atoms with Crippen LogP contribution in [0.4, 0.5) is 0 Å². The quantitative estimate of drug-likeness (QED) is 0.720. The molecule has 1 unspecified atom stereocenters. The molecule has 0 aliphatic heterocycles. The van der Waals surface area contributed by atoms with Gasteiger partial charge >= 0.3 is 0 Å². The largest absolute Gasteiger partial charge is 0.395 e. The molecular formula is C11H14O. The second kappa shape index (κ2) is 3.72. The van der Waals surface area contributed by atoms with Gasteiger partial charge in [-0.15, -0.1) is 0 Å². The number of benzene rings is 1. The smallest absolute Gasteiger partial charge is 0.0527 e. The average molecular weight is 162 g/mol. The molecule has 1 rings (SSSR count). The van der Waals surface area contributed by atoms with Gasteiger partial charge in [0.05, 0.1) is 6.61 Å². The summed E-state index contributed by atoms with van der Waals surface area (Å²) in [4.78, 5) is 0. The predicted molar refractivity (Wildman–Crippen MR) is 50.5 cm³/mol. The summed E-state index contributed by atoms with van der Waals surface area (Å²) in [5.41, 5.74) is 0.615. The highest BCUT2D eigenvalue weighted by Crippen LogP contribution is 2.25. The van der Waals surface area contributed by atoms with Gasteiger partial charge in [-0.2, -0.15) is 0 Å². The minimum atomic E-state index is -0.429. The molecule has 0 aliphatic rings. The standard InChI is InChI=1S/C11H14O/c1-3-11(2,9-12)10-7-5-4-6-8-10/h4-8,12H,1-3,9H2. The van der Waals surface area contributed by atoms with E-state index in [9.17, 15) is 0 Å². The van der Waals surface area contributed by atoms with E-state index in [0.29, 0.717) is 6.42 Å². The number of hydrogen-bond donors (Lipinski definition) is 1. The van der Waals surface area contributed by atoms with Crippen molar-refractivity contribution in [1.82, 2.24) is 0 Å². The molecule has 0 heterocycles. The van der Waals surface area contributed by atoms with Crippen molar-refractivity contribution in [1.29, 1.82) is 0 Å². The van der Waals surface area contributed by atoms with Crippen molar-refractivity contribution in [3.8, 4) is 0 Å². The summed E-state index contributed by atoms with van der Waals surface area (Å²) in [6, 6.07) is 9.77. The van der Waals surface area contributed by atoms with Gasteiger partial charge in [0.15, 0.2) is 0 Å². The number of aliphatic hydroxyl groups is 1. The highest BCUT2D eigenvalue weighted by molar-refractivity contribution is 5.26. The minimum Gasteiger partial charge on any atom is -0.395 e. The Balaban J connectivity index is 2.95. The van der Waals surface area contributed by atoms with Gasteiger partial charge in [-0.25, -0.2) is 0 Å². The number of aliphatic hydroxyl groups excluding tert-OH is 1. The summed E-state index contributed by atoms with van der Waals surface area (Å²) in [7, 11) is 0. The molecule has 0 aliphatic carbocycles. The highest BCUT2D eigenvalue weighted by Gasteiger charge is 2.22. The van der Waals surface area contributed by atoms with Crippen LogP contribution in [0.25, 0.3) is 0 Å². The van der Waals surface area contributed by atoms with Gasteiger partial charge < -0.3 is 5.11 Å². The zero-order valence-corrected chi connectivity index (χ0v) is 7.16. The van der Waals surface area contributed by atoms with Crippen LogP contribution in [0, 0.1) is 13.8 Å². The zero-order chi connectivity index (χ0) is 9.03. The van der Waals surface area contributed by atoms with Gasteiger partial charge in [0.2, 0.25) is 0 Å². The topological polar surface area (TPSA) is 20.2 Å². The van der Waals surface area contributed by atoms with Crippen LogP contribution < -0.4 is 0 Å². The number of hydrogen-bond acceptors (Lipinski definition) is 1. The second-order valence-corrected chi connectivity index (χ2v) is 3.05. The van der Waals surface area contributed by atoms with E-state index in [1.807, 2.05) is 30.3 Å². The Bertz CT molecular complexity index is 224. The molecule has 1 aromatic carbocycles. The molecule has 1 heteroatoms. The molecule has 0 fully saturated rings. The first-order valence-electron chi connectivity index (χ1n) is 4.04. The Morgan fingerprint density at radius 1 is 1.25 bits per heavy atom. The Hall–Kier alpha value is -0.820. The third-order valence-corrected chi connectivity index (χ3v) is 2.17. The molecule has 0 bridgehead atoms. The SMILES string of the molecule is [CH2]CC([CH2])(CO)c1ccccc1. The van der Waals surface area contributed by atoms with Crippen molar-refractivity contribution in [2.24, 2.45) is 0 Å². The molecular weight excluding hydrogens is 148 g/mol. The van der Waals surface area contributed by atoms with Crippen LogP contribution >= 0.6 is 0 Å². The summed E-state index contributed by atoms with van der Waals surface area (Å²) < 4.78 is 0. The maximum atomic E-state index is 9.14. The van der Waals surface area contributed by atoms with E-state index in [1.165, 1.54) is 0 Å². The van der Waals surface area contributed by atoms with Crippen molar-refractivity contribution in [3.05, 3.63) is 49.7 Å². The normalized spacial score (nSPS) is 15.6. The molecule has 1 N–H and O–H groups in total. The summed E-state index contributed by atoms with van der Waals surface area (Å²) in [6.07, 6.45) is 0.605. The van der Waals surface area contributed by atoms with E-state index < -0.39 is 5.41 Å². The predicted octanol–water partition coefficient (Wildman–Crippen LogP) is 1.97. The molecule has 0 spiro atoms. The lowest BCUT2D eigenvalue weighted by atomic mass is 9.81. The zero-order valence-electron chi connectivity index (χ0n) is 7.16. The van der Waals surface area contributed by atoms with Gasteiger partial charge in [-0.1, -0.05) is 37.3 Å². The monoisotopic (exact) mass is 162 g/mol. The Labute approximate surface area is 74.1 Å². The van der Waals surface area contributed by atoms with Crippen molar-refractivity contribution < 1.29 is 5.11 Å². The molecule has 0 saturated heterocycles. The molecule has 0 saturated carbocycles. The van der Waals surface area contributed by atoms with Gasteiger partial charge in [-0.05, 0) is 18.9 Å². The molecule has 1 nitrogen and oxygen atoms in total. The van der Waals surface area contributed by atoms with Gasteiger partial charge in [-0.3, -0.25) is 0 Å². The fraction of sp³-hybridized carbons (Fsp3) is 0.273. The third kappa shape index (κ3) is 1.67. The van der Waals surface area contributed by atoms with E-state index in [0.717, 1.165) is 5.56 Å². The maximum Gasteiger partial charge on any atom is 0.0527 e. The van der Waals surface area contributed by atoms with Crippen LogP contribution in [0.1, 0.15) is 12.0 Å². The van der Waals surface area contributed by atoms with Crippen LogP contribution in [-0.4, -0.2) is 11.7 Å². The lowest BCUT2D eigenvalue weighted by Gasteiger charge is -2.25.